The van der Waals surface area contributed by atoms with E-state index in [9.17, 15) is 14.4 Å². The maximum Gasteiger partial charge on any atom is 0.251 e. The third-order valence-corrected chi connectivity index (χ3v) is 4.59. The fraction of sp³-hybridized carbons (Fsp3) is 0.500. The largest absolute Gasteiger partial charge is 0.370 e. The number of carbonyl (C=O) groups excluding carboxylic acids is 3. The highest BCUT2D eigenvalue weighted by molar-refractivity contribution is 6.30. The van der Waals surface area contributed by atoms with Crippen LogP contribution in [0.1, 0.15) is 55.3 Å². The smallest absolute Gasteiger partial charge is 0.251 e. The highest BCUT2D eigenvalue weighted by Crippen LogP contribution is 2.17. The van der Waals surface area contributed by atoms with Gasteiger partial charge in [-0.1, -0.05) is 37.3 Å². The second-order valence-electron chi connectivity index (χ2n) is 6.40. The van der Waals surface area contributed by atoms with Crippen LogP contribution in [0, 0.1) is 0 Å². The van der Waals surface area contributed by atoms with Crippen LogP contribution in [0.2, 0.25) is 5.02 Å². The molecule has 0 aromatic heterocycles. The van der Waals surface area contributed by atoms with Crippen molar-refractivity contribution in [2.45, 2.75) is 57.0 Å². The predicted molar refractivity (Wildman–Crippen MR) is 96.2 cm³/mol. The summed E-state index contributed by atoms with van der Waals surface area (Å²) in [5.74, 6) is -1.45. The second-order valence-corrected chi connectivity index (χ2v) is 6.84. The van der Waals surface area contributed by atoms with Crippen LogP contribution in [0.4, 0.5) is 0 Å². The molecule has 0 bridgehead atoms. The summed E-state index contributed by atoms with van der Waals surface area (Å²) in [6.07, 6.45) is 6.08. The first-order valence-electron chi connectivity index (χ1n) is 8.61. The fourth-order valence-electron chi connectivity index (χ4n) is 2.98. The van der Waals surface area contributed by atoms with Crippen molar-refractivity contribution in [2.75, 3.05) is 0 Å². The molecule has 25 heavy (non-hydrogen) atoms. The Hall–Kier alpha value is -2.08. The fourth-order valence-corrected chi connectivity index (χ4v) is 3.10. The van der Waals surface area contributed by atoms with Crippen molar-refractivity contribution in [1.29, 1.82) is 0 Å². The zero-order chi connectivity index (χ0) is 18.2. The summed E-state index contributed by atoms with van der Waals surface area (Å²) >= 11 is 5.81. The molecule has 0 radical (unpaired) electrons. The molecule has 136 valence electrons. The van der Waals surface area contributed by atoms with E-state index in [1.807, 2.05) is 0 Å². The summed E-state index contributed by atoms with van der Waals surface area (Å²) in [5.41, 5.74) is 5.60. The first-order chi connectivity index (χ1) is 12.0. The molecule has 0 aliphatic heterocycles. The van der Waals surface area contributed by atoms with E-state index >= 15 is 0 Å². The molecule has 7 heteroatoms. The number of amides is 3. The Balaban J connectivity index is 2.01. The molecule has 1 aromatic carbocycles. The van der Waals surface area contributed by atoms with Gasteiger partial charge in [0, 0.05) is 16.6 Å². The summed E-state index contributed by atoms with van der Waals surface area (Å²) in [7, 11) is 0. The number of rotatable bonds is 6. The molecule has 0 spiro atoms. The summed E-state index contributed by atoms with van der Waals surface area (Å²) in [6.45, 7) is 0. The van der Waals surface area contributed by atoms with E-state index in [1.54, 1.807) is 24.3 Å². The molecule has 3 amide bonds. The van der Waals surface area contributed by atoms with Crippen LogP contribution < -0.4 is 16.4 Å². The van der Waals surface area contributed by atoms with E-state index < -0.39 is 17.9 Å². The average molecular weight is 366 g/mol. The lowest BCUT2D eigenvalue weighted by Gasteiger charge is -2.22. The molecule has 0 heterocycles. The number of carbonyl (C=O) groups is 3. The van der Waals surface area contributed by atoms with E-state index in [0.29, 0.717) is 10.6 Å². The van der Waals surface area contributed by atoms with Gasteiger partial charge in [-0.25, -0.2) is 0 Å². The van der Waals surface area contributed by atoms with E-state index in [0.717, 1.165) is 25.7 Å². The minimum atomic E-state index is -0.982. The predicted octanol–water partition coefficient (Wildman–Crippen LogP) is 2.15. The van der Waals surface area contributed by atoms with Crippen LogP contribution in [0.15, 0.2) is 24.3 Å². The number of hydrogen-bond donors (Lipinski definition) is 3. The lowest BCUT2D eigenvalue weighted by Crippen LogP contribution is -2.51. The van der Waals surface area contributed by atoms with Crippen molar-refractivity contribution in [3.8, 4) is 0 Å². The monoisotopic (exact) mass is 365 g/mol. The molecular formula is C18H24ClN3O3. The molecule has 1 atom stereocenters. The van der Waals surface area contributed by atoms with Crippen LogP contribution in [-0.2, 0) is 9.59 Å². The molecule has 1 aliphatic carbocycles. The van der Waals surface area contributed by atoms with E-state index in [-0.39, 0.29) is 18.4 Å². The number of hydrogen-bond acceptors (Lipinski definition) is 3. The van der Waals surface area contributed by atoms with Gasteiger partial charge in [0.1, 0.15) is 6.04 Å². The number of benzene rings is 1. The Kier molecular flexibility index (Phi) is 7.25. The highest BCUT2D eigenvalue weighted by atomic mass is 35.5. The van der Waals surface area contributed by atoms with Crippen LogP contribution in [0.5, 0.6) is 0 Å². The zero-order valence-corrected chi connectivity index (χ0v) is 14.8. The average Bonchev–Trinajstić information content (AvgIpc) is 2.83. The van der Waals surface area contributed by atoms with Gasteiger partial charge in [-0.2, -0.15) is 0 Å². The lowest BCUT2D eigenvalue weighted by molar-refractivity contribution is -0.127. The Bertz CT molecular complexity index is 610. The van der Waals surface area contributed by atoms with E-state index in [1.165, 1.54) is 12.8 Å². The molecule has 6 nitrogen and oxygen atoms in total. The van der Waals surface area contributed by atoms with Crippen LogP contribution in [0.3, 0.4) is 0 Å². The first kappa shape index (κ1) is 19.2. The van der Waals surface area contributed by atoms with Gasteiger partial charge in [-0.15, -0.1) is 0 Å². The van der Waals surface area contributed by atoms with Crippen molar-refractivity contribution in [3.05, 3.63) is 34.9 Å². The van der Waals surface area contributed by atoms with Gasteiger partial charge in [0.15, 0.2) is 0 Å². The van der Waals surface area contributed by atoms with Gasteiger partial charge < -0.3 is 16.4 Å². The third-order valence-electron chi connectivity index (χ3n) is 4.34. The van der Waals surface area contributed by atoms with Crippen LogP contribution in [-0.4, -0.2) is 29.8 Å². The topological polar surface area (TPSA) is 101 Å². The lowest BCUT2D eigenvalue weighted by atomic mass is 10.1. The Labute approximate surface area is 152 Å². The number of halogens is 1. The maximum absolute atomic E-state index is 12.5. The van der Waals surface area contributed by atoms with E-state index in [4.69, 9.17) is 17.3 Å². The molecule has 0 saturated heterocycles. The highest BCUT2D eigenvalue weighted by Gasteiger charge is 2.25. The summed E-state index contributed by atoms with van der Waals surface area (Å²) < 4.78 is 0. The Morgan fingerprint density at radius 3 is 2.24 bits per heavy atom. The van der Waals surface area contributed by atoms with Gasteiger partial charge in [-0.05, 0) is 37.1 Å². The zero-order valence-electron chi connectivity index (χ0n) is 14.1. The molecule has 2 rings (SSSR count). The number of nitrogens with two attached hydrogens (primary N) is 1. The second kappa shape index (κ2) is 9.42. The van der Waals surface area contributed by atoms with Crippen molar-refractivity contribution < 1.29 is 14.4 Å². The first-order valence-corrected chi connectivity index (χ1v) is 8.98. The van der Waals surface area contributed by atoms with E-state index in [2.05, 4.69) is 10.6 Å². The van der Waals surface area contributed by atoms with Crippen molar-refractivity contribution in [1.82, 2.24) is 10.6 Å². The van der Waals surface area contributed by atoms with Gasteiger partial charge in [-0.3, -0.25) is 14.4 Å². The van der Waals surface area contributed by atoms with Crippen LogP contribution in [0.25, 0.3) is 0 Å². The minimum absolute atomic E-state index is 0.0813. The van der Waals surface area contributed by atoms with Crippen LogP contribution >= 0.6 is 11.6 Å². The molecule has 1 fully saturated rings. The summed E-state index contributed by atoms with van der Waals surface area (Å²) in [4.78, 5) is 36.1. The number of primary amides is 1. The molecule has 1 aliphatic rings. The van der Waals surface area contributed by atoms with Gasteiger partial charge in [0.2, 0.25) is 11.8 Å². The number of nitrogens with one attached hydrogen (secondary N) is 2. The van der Waals surface area contributed by atoms with Crippen molar-refractivity contribution in [3.63, 3.8) is 0 Å². The summed E-state index contributed by atoms with van der Waals surface area (Å²) in [5, 5.41) is 6.05. The minimum Gasteiger partial charge on any atom is -0.370 e. The van der Waals surface area contributed by atoms with Crippen molar-refractivity contribution in [2.24, 2.45) is 5.73 Å². The quantitative estimate of drug-likeness (QED) is 0.673. The normalized spacial score (nSPS) is 16.5. The maximum atomic E-state index is 12.5. The standard InChI is InChI=1S/C18H24ClN3O3/c19-13-9-7-12(8-10-13)17(24)22-15(11-16(20)23)18(25)21-14-5-3-1-2-4-6-14/h7-10,14-15H,1-6,11H2,(H2,20,23)(H,21,25)(H,22,24). The van der Waals surface area contributed by atoms with Crippen molar-refractivity contribution >= 4 is 29.3 Å². The third kappa shape index (κ3) is 6.38. The van der Waals surface area contributed by atoms with Gasteiger partial charge in [0.05, 0.1) is 6.42 Å². The Morgan fingerprint density at radius 2 is 1.68 bits per heavy atom. The molecule has 1 unspecified atom stereocenters. The summed E-state index contributed by atoms with van der Waals surface area (Å²) in [6, 6.07) is 5.39. The molecule has 1 aromatic rings. The molecule has 4 N–H and O–H groups in total. The Morgan fingerprint density at radius 1 is 1.08 bits per heavy atom. The van der Waals surface area contributed by atoms with Gasteiger partial charge in [0.25, 0.3) is 5.91 Å². The SMILES string of the molecule is NC(=O)CC(NC(=O)c1ccc(Cl)cc1)C(=O)NC1CCCCCC1. The molecule has 1 saturated carbocycles. The van der Waals surface area contributed by atoms with Gasteiger partial charge >= 0.3 is 0 Å². The molecular weight excluding hydrogens is 342 g/mol.